The number of amides is 1. The number of unbranched alkanes of at least 4 members (excludes halogenated alkanes) is 1. The van der Waals surface area contributed by atoms with E-state index in [0.717, 1.165) is 33.3 Å². The summed E-state index contributed by atoms with van der Waals surface area (Å²) in [7, 11) is 0. The molecule has 0 unspecified atom stereocenters. The number of carbonyl (C=O) groups is 2. The van der Waals surface area contributed by atoms with Crippen molar-refractivity contribution in [2.45, 2.75) is 38.6 Å². The SMILES string of the molecule is C[C@@H](NC(=O)c1ccc2nc(-c3ccccc3)c(CCCCC(=O)O)nc2c1)c1cncc2ccccc12. The predicted octanol–water partition coefficient (Wildman–Crippen LogP) is 6.13. The molecule has 1 atom stereocenters. The van der Waals surface area contributed by atoms with Crippen LogP contribution in [0.15, 0.2) is 85.2 Å². The maximum atomic E-state index is 13.2. The van der Waals surface area contributed by atoms with E-state index < -0.39 is 5.97 Å². The predicted molar refractivity (Wildman–Crippen MR) is 148 cm³/mol. The second kappa shape index (κ2) is 11.2. The van der Waals surface area contributed by atoms with Crippen molar-refractivity contribution in [2.24, 2.45) is 0 Å². The molecule has 0 aliphatic rings. The highest BCUT2D eigenvalue weighted by Crippen LogP contribution is 2.26. The summed E-state index contributed by atoms with van der Waals surface area (Å²) in [6.07, 6.45) is 5.58. The molecule has 5 aromatic rings. The van der Waals surface area contributed by atoms with Crippen LogP contribution in [0.3, 0.4) is 0 Å². The van der Waals surface area contributed by atoms with Gasteiger partial charge in [-0.25, -0.2) is 9.97 Å². The Labute approximate surface area is 220 Å². The van der Waals surface area contributed by atoms with Gasteiger partial charge in [0.25, 0.3) is 5.91 Å². The summed E-state index contributed by atoms with van der Waals surface area (Å²) < 4.78 is 0. The van der Waals surface area contributed by atoms with Crippen LogP contribution in [0.5, 0.6) is 0 Å². The van der Waals surface area contributed by atoms with Crippen LogP contribution in [-0.2, 0) is 11.2 Å². The molecule has 0 spiro atoms. The molecule has 5 rings (SSSR count). The van der Waals surface area contributed by atoms with E-state index >= 15 is 0 Å². The lowest BCUT2D eigenvalue weighted by Gasteiger charge is -2.16. The molecule has 2 N–H and O–H groups in total. The number of aryl methyl sites for hydroxylation is 1. The molecule has 7 heteroatoms. The molecule has 7 nitrogen and oxygen atoms in total. The summed E-state index contributed by atoms with van der Waals surface area (Å²) in [4.78, 5) is 38.3. The van der Waals surface area contributed by atoms with E-state index in [2.05, 4.69) is 10.3 Å². The first kappa shape index (κ1) is 25.0. The van der Waals surface area contributed by atoms with Crippen molar-refractivity contribution in [3.8, 4) is 11.3 Å². The van der Waals surface area contributed by atoms with Gasteiger partial charge in [-0.2, -0.15) is 0 Å². The lowest BCUT2D eigenvalue weighted by molar-refractivity contribution is -0.137. The Balaban J connectivity index is 1.43. The van der Waals surface area contributed by atoms with Crippen LogP contribution in [0, 0.1) is 0 Å². The van der Waals surface area contributed by atoms with E-state index in [1.807, 2.05) is 73.8 Å². The van der Waals surface area contributed by atoms with Crippen molar-refractivity contribution in [2.75, 3.05) is 0 Å². The van der Waals surface area contributed by atoms with Gasteiger partial charge in [0.1, 0.15) is 0 Å². The van der Waals surface area contributed by atoms with Crippen LogP contribution >= 0.6 is 0 Å². The first-order chi connectivity index (χ1) is 18.5. The standard InChI is InChI=1S/C31H28N4O3/c1-20(25-19-32-18-23-11-5-6-12-24(23)25)33-31(38)22-15-16-26-28(17-22)34-27(13-7-8-14-29(36)37)30(35-26)21-9-3-2-4-10-21/h2-6,9-12,15-20H,7-8,13-14H2,1H3,(H,33,38)(H,36,37)/t20-/m1/s1. The topological polar surface area (TPSA) is 105 Å². The number of carboxylic acid groups (broad SMARTS) is 1. The zero-order chi connectivity index (χ0) is 26.5. The molecule has 0 aliphatic carbocycles. The number of fused-ring (bicyclic) bond motifs is 2. The third-order valence-corrected chi connectivity index (χ3v) is 6.61. The first-order valence-electron chi connectivity index (χ1n) is 12.7. The number of aromatic nitrogens is 3. The summed E-state index contributed by atoms with van der Waals surface area (Å²) in [6.45, 7) is 1.95. The average Bonchev–Trinajstić information content (AvgIpc) is 2.94. The number of benzene rings is 3. The van der Waals surface area contributed by atoms with Crippen molar-refractivity contribution >= 4 is 33.7 Å². The summed E-state index contributed by atoms with van der Waals surface area (Å²) in [5.74, 6) is -1.01. The number of carboxylic acids is 1. The van der Waals surface area contributed by atoms with Gasteiger partial charge in [-0.15, -0.1) is 0 Å². The van der Waals surface area contributed by atoms with Crippen LogP contribution in [0.25, 0.3) is 33.1 Å². The number of carbonyl (C=O) groups excluding carboxylic acids is 1. The Bertz CT molecular complexity index is 1610. The minimum atomic E-state index is -0.804. The minimum Gasteiger partial charge on any atom is -0.481 e. The largest absolute Gasteiger partial charge is 0.481 e. The van der Waals surface area contributed by atoms with Gasteiger partial charge in [0.15, 0.2) is 0 Å². The number of nitrogens with one attached hydrogen (secondary N) is 1. The quantitative estimate of drug-likeness (QED) is 0.234. The van der Waals surface area contributed by atoms with Gasteiger partial charge in [0.2, 0.25) is 0 Å². The molecule has 38 heavy (non-hydrogen) atoms. The molecule has 2 aromatic heterocycles. The maximum Gasteiger partial charge on any atom is 0.303 e. The molecule has 0 bridgehead atoms. The third-order valence-electron chi connectivity index (χ3n) is 6.61. The van der Waals surface area contributed by atoms with Crippen LogP contribution in [0.4, 0.5) is 0 Å². The zero-order valence-corrected chi connectivity index (χ0v) is 21.1. The van der Waals surface area contributed by atoms with Crippen LogP contribution < -0.4 is 5.32 Å². The van der Waals surface area contributed by atoms with Crippen molar-refractivity contribution < 1.29 is 14.7 Å². The number of hydrogen-bond acceptors (Lipinski definition) is 5. The van der Waals surface area contributed by atoms with Crippen molar-refractivity contribution in [3.05, 3.63) is 102 Å². The fourth-order valence-electron chi connectivity index (χ4n) is 4.64. The van der Waals surface area contributed by atoms with Gasteiger partial charge >= 0.3 is 5.97 Å². The molecular weight excluding hydrogens is 476 g/mol. The number of nitrogens with zero attached hydrogens (tertiary/aromatic N) is 3. The van der Waals surface area contributed by atoms with Gasteiger partial charge in [-0.3, -0.25) is 14.6 Å². The molecule has 0 aliphatic heterocycles. The van der Waals surface area contributed by atoms with Crippen LogP contribution in [0.1, 0.15) is 53.8 Å². The highest BCUT2D eigenvalue weighted by Gasteiger charge is 2.17. The lowest BCUT2D eigenvalue weighted by atomic mass is 10.0. The molecule has 1 amide bonds. The number of hydrogen-bond donors (Lipinski definition) is 2. The van der Waals surface area contributed by atoms with E-state index in [-0.39, 0.29) is 18.4 Å². The third kappa shape index (κ3) is 5.52. The first-order valence-corrected chi connectivity index (χ1v) is 12.7. The summed E-state index contributed by atoms with van der Waals surface area (Å²) in [5, 5.41) is 14.2. The van der Waals surface area contributed by atoms with E-state index in [1.54, 1.807) is 18.3 Å². The van der Waals surface area contributed by atoms with E-state index in [1.165, 1.54) is 0 Å². The molecule has 0 radical (unpaired) electrons. The average molecular weight is 505 g/mol. The van der Waals surface area contributed by atoms with Gasteiger partial charge in [0.05, 0.1) is 28.5 Å². The van der Waals surface area contributed by atoms with Crippen molar-refractivity contribution in [1.29, 1.82) is 0 Å². The highest BCUT2D eigenvalue weighted by molar-refractivity contribution is 5.98. The Morgan fingerprint density at radius 1 is 0.895 bits per heavy atom. The van der Waals surface area contributed by atoms with Gasteiger partial charge in [0, 0.05) is 40.9 Å². The Morgan fingerprint density at radius 3 is 2.50 bits per heavy atom. The number of rotatable bonds is 9. The fraction of sp³-hybridized carbons (Fsp3) is 0.194. The second-order valence-corrected chi connectivity index (χ2v) is 9.33. The van der Waals surface area contributed by atoms with Gasteiger partial charge in [-0.1, -0.05) is 54.6 Å². The van der Waals surface area contributed by atoms with E-state index in [9.17, 15) is 9.59 Å². The van der Waals surface area contributed by atoms with Gasteiger partial charge in [-0.05, 0) is 49.8 Å². The van der Waals surface area contributed by atoms with E-state index in [0.29, 0.717) is 35.9 Å². The molecule has 190 valence electrons. The molecule has 0 fully saturated rings. The molecular formula is C31H28N4O3. The van der Waals surface area contributed by atoms with Crippen LogP contribution in [-0.4, -0.2) is 31.9 Å². The highest BCUT2D eigenvalue weighted by atomic mass is 16.4. The zero-order valence-electron chi connectivity index (χ0n) is 21.1. The summed E-state index contributed by atoms with van der Waals surface area (Å²) in [6, 6.07) is 22.9. The Kier molecular flexibility index (Phi) is 7.35. The van der Waals surface area contributed by atoms with E-state index in [4.69, 9.17) is 15.1 Å². The smallest absolute Gasteiger partial charge is 0.303 e. The van der Waals surface area contributed by atoms with Crippen molar-refractivity contribution in [3.63, 3.8) is 0 Å². The van der Waals surface area contributed by atoms with Crippen LogP contribution in [0.2, 0.25) is 0 Å². The number of aliphatic carboxylic acids is 1. The van der Waals surface area contributed by atoms with Crippen molar-refractivity contribution in [1.82, 2.24) is 20.3 Å². The van der Waals surface area contributed by atoms with Gasteiger partial charge < -0.3 is 10.4 Å². The molecule has 3 aromatic carbocycles. The Hall–Kier alpha value is -4.65. The normalized spacial score (nSPS) is 11.9. The Morgan fingerprint density at radius 2 is 1.68 bits per heavy atom. The second-order valence-electron chi connectivity index (χ2n) is 9.33. The molecule has 0 saturated heterocycles. The summed E-state index contributed by atoms with van der Waals surface area (Å²) >= 11 is 0. The number of pyridine rings is 1. The lowest BCUT2D eigenvalue weighted by Crippen LogP contribution is -2.26. The fourth-order valence-corrected chi connectivity index (χ4v) is 4.64. The monoisotopic (exact) mass is 504 g/mol. The maximum absolute atomic E-state index is 13.2. The minimum absolute atomic E-state index is 0.121. The molecule has 0 saturated carbocycles. The summed E-state index contributed by atoms with van der Waals surface area (Å²) in [5.41, 5.74) is 5.30. The molecule has 2 heterocycles.